The number of carbonyl (C=O) groups excluding carboxylic acids is 2. The average Bonchev–Trinajstić information content (AvgIpc) is 2.62. The van der Waals surface area contributed by atoms with Gasteiger partial charge in [0.25, 0.3) is 0 Å². The minimum absolute atomic E-state index is 0.0142. The first-order valence-corrected chi connectivity index (χ1v) is 6.73. The quantitative estimate of drug-likeness (QED) is 0.734. The van der Waals surface area contributed by atoms with E-state index in [9.17, 15) is 9.59 Å². The molecular formula is C13H24N2O3. The highest BCUT2D eigenvalue weighted by molar-refractivity contribution is 5.78. The van der Waals surface area contributed by atoms with Crippen LogP contribution in [0.5, 0.6) is 0 Å². The number of hydrogen-bond acceptors (Lipinski definition) is 3. The van der Waals surface area contributed by atoms with Gasteiger partial charge >= 0.3 is 0 Å². The van der Waals surface area contributed by atoms with Crippen molar-refractivity contribution < 1.29 is 14.3 Å². The lowest BCUT2D eigenvalue weighted by atomic mass is 10.2. The van der Waals surface area contributed by atoms with Crippen molar-refractivity contribution in [2.75, 3.05) is 39.9 Å². The molecule has 1 saturated heterocycles. The molecule has 0 aromatic heterocycles. The van der Waals surface area contributed by atoms with Gasteiger partial charge in [0.2, 0.25) is 11.8 Å². The van der Waals surface area contributed by atoms with Gasteiger partial charge in [-0.15, -0.1) is 0 Å². The molecule has 0 atom stereocenters. The third kappa shape index (κ3) is 4.64. The van der Waals surface area contributed by atoms with E-state index in [1.54, 1.807) is 4.90 Å². The summed E-state index contributed by atoms with van der Waals surface area (Å²) in [6, 6.07) is 0. The number of ether oxygens (including phenoxy) is 1. The molecule has 0 aromatic carbocycles. The highest BCUT2D eigenvalue weighted by Crippen LogP contribution is 2.07. The van der Waals surface area contributed by atoms with Crippen molar-refractivity contribution in [1.82, 2.24) is 9.80 Å². The van der Waals surface area contributed by atoms with Gasteiger partial charge in [-0.25, -0.2) is 0 Å². The van der Waals surface area contributed by atoms with Crippen LogP contribution in [0.4, 0.5) is 0 Å². The normalized spacial score (nSPS) is 16.6. The number of unbranched alkanes of at least 4 members (excludes halogenated alkanes) is 1. The third-order valence-corrected chi connectivity index (χ3v) is 3.21. The van der Waals surface area contributed by atoms with Gasteiger partial charge in [0, 0.05) is 39.7 Å². The highest BCUT2D eigenvalue weighted by Gasteiger charge is 2.21. The Balaban J connectivity index is 2.40. The third-order valence-electron chi connectivity index (χ3n) is 3.21. The number of carbonyl (C=O) groups is 2. The van der Waals surface area contributed by atoms with Gasteiger partial charge < -0.3 is 14.5 Å². The van der Waals surface area contributed by atoms with Crippen molar-refractivity contribution in [3.63, 3.8) is 0 Å². The topological polar surface area (TPSA) is 49.9 Å². The Morgan fingerprint density at radius 1 is 1.06 bits per heavy atom. The Morgan fingerprint density at radius 2 is 1.67 bits per heavy atom. The molecule has 0 aromatic rings. The fourth-order valence-corrected chi connectivity index (χ4v) is 2.12. The molecule has 2 amide bonds. The van der Waals surface area contributed by atoms with Gasteiger partial charge in [0.05, 0.1) is 0 Å². The number of hydrogen-bond donors (Lipinski definition) is 0. The van der Waals surface area contributed by atoms with Crippen LogP contribution in [0, 0.1) is 0 Å². The van der Waals surface area contributed by atoms with Gasteiger partial charge in [-0.2, -0.15) is 0 Å². The second kappa shape index (κ2) is 8.08. The summed E-state index contributed by atoms with van der Waals surface area (Å²) in [5.41, 5.74) is 0. The summed E-state index contributed by atoms with van der Waals surface area (Å²) in [4.78, 5) is 27.3. The van der Waals surface area contributed by atoms with Crippen molar-refractivity contribution >= 4 is 11.8 Å². The second-order valence-corrected chi connectivity index (χ2v) is 4.65. The minimum Gasteiger partial charge on any atom is -0.375 e. The molecule has 1 heterocycles. The molecule has 0 radical (unpaired) electrons. The van der Waals surface area contributed by atoms with Gasteiger partial charge in [-0.3, -0.25) is 9.59 Å². The van der Waals surface area contributed by atoms with Crippen molar-refractivity contribution in [1.29, 1.82) is 0 Å². The lowest BCUT2D eigenvalue weighted by molar-refractivity contribution is -0.136. The summed E-state index contributed by atoms with van der Waals surface area (Å²) >= 11 is 0. The summed E-state index contributed by atoms with van der Waals surface area (Å²) < 4.78 is 4.85. The molecule has 0 spiro atoms. The van der Waals surface area contributed by atoms with Crippen LogP contribution >= 0.6 is 0 Å². The maximum absolute atomic E-state index is 11.9. The Morgan fingerprint density at radius 3 is 2.22 bits per heavy atom. The highest BCUT2D eigenvalue weighted by atomic mass is 16.5. The fourth-order valence-electron chi connectivity index (χ4n) is 2.12. The summed E-state index contributed by atoms with van der Waals surface area (Å²) in [7, 11) is 1.52. The van der Waals surface area contributed by atoms with Crippen LogP contribution in [0.1, 0.15) is 32.6 Å². The maximum Gasteiger partial charge on any atom is 0.248 e. The molecule has 0 aliphatic carbocycles. The molecule has 104 valence electrons. The molecule has 1 aliphatic heterocycles. The molecule has 5 nitrogen and oxygen atoms in total. The Kier molecular flexibility index (Phi) is 6.72. The van der Waals surface area contributed by atoms with Crippen molar-refractivity contribution in [3.05, 3.63) is 0 Å². The zero-order valence-corrected chi connectivity index (χ0v) is 11.5. The molecule has 0 saturated carbocycles. The van der Waals surface area contributed by atoms with E-state index in [0.29, 0.717) is 19.5 Å². The molecule has 1 fully saturated rings. The lowest BCUT2D eigenvalue weighted by Gasteiger charge is -2.22. The Hall–Kier alpha value is -1.10. The van der Waals surface area contributed by atoms with Gasteiger partial charge in [0.15, 0.2) is 0 Å². The van der Waals surface area contributed by atoms with E-state index in [2.05, 4.69) is 6.92 Å². The van der Waals surface area contributed by atoms with E-state index in [0.717, 1.165) is 32.4 Å². The standard InChI is InChI=1S/C13H24N2O3/c1-3-4-6-12(16)14-7-5-8-15(10-9-14)13(17)11-18-2/h3-11H2,1-2H3. The molecule has 0 N–H and O–H groups in total. The minimum atomic E-state index is 0.0142. The first-order chi connectivity index (χ1) is 8.69. The largest absolute Gasteiger partial charge is 0.375 e. The maximum atomic E-state index is 11.9. The molecule has 1 aliphatic rings. The molecule has 18 heavy (non-hydrogen) atoms. The van der Waals surface area contributed by atoms with Crippen LogP contribution in [0.15, 0.2) is 0 Å². The number of methoxy groups -OCH3 is 1. The van der Waals surface area contributed by atoms with Crippen molar-refractivity contribution in [2.45, 2.75) is 32.6 Å². The number of nitrogens with zero attached hydrogens (tertiary/aromatic N) is 2. The summed E-state index contributed by atoms with van der Waals surface area (Å²) in [5, 5.41) is 0. The van der Waals surface area contributed by atoms with E-state index in [1.807, 2.05) is 4.90 Å². The number of rotatable bonds is 5. The second-order valence-electron chi connectivity index (χ2n) is 4.65. The van der Waals surface area contributed by atoms with E-state index in [1.165, 1.54) is 7.11 Å². The van der Waals surface area contributed by atoms with Crippen LogP contribution < -0.4 is 0 Å². The van der Waals surface area contributed by atoms with Crippen LogP contribution in [-0.4, -0.2) is 61.5 Å². The zero-order valence-electron chi connectivity index (χ0n) is 11.5. The Labute approximate surface area is 109 Å². The summed E-state index contributed by atoms with van der Waals surface area (Å²) in [6.45, 7) is 4.97. The van der Waals surface area contributed by atoms with Crippen LogP contribution in [0.3, 0.4) is 0 Å². The molecule has 0 bridgehead atoms. The predicted octanol–water partition coefficient (Wildman–Crippen LogP) is 0.884. The van der Waals surface area contributed by atoms with Crippen LogP contribution in [0.25, 0.3) is 0 Å². The van der Waals surface area contributed by atoms with Crippen LogP contribution in [0.2, 0.25) is 0 Å². The summed E-state index contributed by atoms with van der Waals surface area (Å²) in [6.07, 6.45) is 3.47. The molecule has 5 heteroatoms. The smallest absolute Gasteiger partial charge is 0.248 e. The van der Waals surface area contributed by atoms with Gasteiger partial charge in [-0.1, -0.05) is 13.3 Å². The van der Waals surface area contributed by atoms with E-state index in [-0.39, 0.29) is 18.4 Å². The SMILES string of the molecule is CCCCC(=O)N1CCCN(C(=O)COC)CC1. The van der Waals surface area contributed by atoms with Crippen molar-refractivity contribution in [2.24, 2.45) is 0 Å². The van der Waals surface area contributed by atoms with E-state index >= 15 is 0 Å². The lowest BCUT2D eigenvalue weighted by Crippen LogP contribution is -2.38. The predicted molar refractivity (Wildman–Crippen MR) is 69.2 cm³/mol. The average molecular weight is 256 g/mol. The summed E-state index contributed by atoms with van der Waals surface area (Å²) in [5.74, 6) is 0.234. The molecule has 0 unspecified atom stereocenters. The number of amides is 2. The van der Waals surface area contributed by atoms with Gasteiger partial charge in [-0.05, 0) is 12.8 Å². The molecular weight excluding hydrogens is 232 g/mol. The van der Waals surface area contributed by atoms with E-state index in [4.69, 9.17) is 4.74 Å². The molecule has 1 rings (SSSR count). The zero-order chi connectivity index (χ0) is 13.4. The van der Waals surface area contributed by atoms with Crippen molar-refractivity contribution in [3.8, 4) is 0 Å². The van der Waals surface area contributed by atoms with Gasteiger partial charge in [0.1, 0.15) is 6.61 Å². The Bertz CT molecular complexity index is 281. The first kappa shape index (κ1) is 15.0. The van der Waals surface area contributed by atoms with E-state index < -0.39 is 0 Å². The fraction of sp³-hybridized carbons (Fsp3) is 0.846. The first-order valence-electron chi connectivity index (χ1n) is 6.73. The monoisotopic (exact) mass is 256 g/mol. The van der Waals surface area contributed by atoms with Crippen LogP contribution in [-0.2, 0) is 14.3 Å².